The molecule has 0 aliphatic carbocycles. The lowest BCUT2D eigenvalue weighted by Gasteiger charge is -2.48. The quantitative estimate of drug-likeness (QED) is 0.858. The highest BCUT2D eigenvalue weighted by atomic mass is 16.5. The maximum absolute atomic E-state index is 9.06. The second-order valence-corrected chi connectivity index (χ2v) is 6.90. The average molecular weight is 320 g/mol. The third-order valence-corrected chi connectivity index (χ3v) is 4.86. The van der Waals surface area contributed by atoms with Crippen LogP contribution in [0.15, 0.2) is 12.4 Å². The van der Waals surface area contributed by atoms with Crippen molar-refractivity contribution >= 4 is 5.82 Å². The summed E-state index contributed by atoms with van der Waals surface area (Å²) < 4.78 is 5.77. The summed E-state index contributed by atoms with van der Waals surface area (Å²) >= 11 is 0. The van der Waals surface area contributed by atoms with Gasteiger partial charge in [0.15, 0.2) is 5.82 Å². The number of anilines is 1. The van der Waals surface area contributed by atoms with Gasteiger partial charge in [0.2, 0.25) is 0 Å². The van der Waals surface area contributed by atoms with Crippen LogP contribution in [0.4, 0.5) is 5.82 Å². The standard InChI is InChI=1S/C17H28N4O2/c1-13(2)23-17-16(18-6-7-19-17)21-11-15(12-21)20-8-3-14(4-9-20)5-10-22/h6-7,13-15,22H,3-5,8-12H2,1-2H3. The number of hydrogen-bond donors (Lipinski definition) is 1. The Morgan fingerprint density at radius 1 is 1.22 bits per heavy atom. The molecule has 1 aromatic rings. The zero-order valence-electron chi connectivity index (χ0n) is 14.2. The molecule has 0 spiro atoms. The van der Waals surface area contributed by atoms with Crippen LogP contribution in [0.1, 0.15) is 33.1 Å². The van der Waals surface area contributed by atoms with Crippen LogP contribution in [0, 0.1) is 5.92 Å². The van der Waals surface area contributed by atoms with Crippen LogP contribution in [0.5, 0.6) is 5.88 Å². The molecule has 0 unspecified atom stereocenters. The second-order valence-electron chi connectivity index (χ2n) is 6.90. The van der Waals surface area contributed by atoms with E-state index < -0.39 is 0 Å². The number of nitrogens with zero attached hydrogens (tertiary/aromatic N) is 4. The van der Waals surface area contributed by atoms with Gasteiger partial charge < -0.3 is 14.7 Å². The molecule has 2 aliphatic heterocycles. The van der Waals surface area contributed by atoms with Crippen molar-refractivity contribution in [2.75, 3.05) is 37.7 Å². The highest BCUT2D eigenvalue weighted by Crippen LogP contribution is 2.31. The minimum Gasteiger partial charge on any atom is -0.472 e. The Kier molecular flexibility index (Phi) is 5.33. The van der Waals surface area contributed by atoms with Crippen molar-refractivity contribution in [3.63, 3.8) is 0 Å². The number of likely N-dealkylation sites (tertiary alicyclic amines) is 1. The van der Waals surface area contributed by atoms with Crippen molar-refractivity contribution in [3.8, 4) is 5.88 Å². The number of rotatable bonds is 6. The van der Waals surface area contributed by atoms with Crippen molar-refractivity contribution < 1.29 is 9.84 Å². The first kappa shape index (κ1) is 16.5. The monoisotopic (exact) mass is 320 g/mol. The third-order valence-electron chi connectivity index (χ3n) is 4.86. The van der Waals surface area contributed by atoms with E-state index in [1.807, 2.05) is 13.8 Å². The zero-order valence-corrected chi connectivity index (χ0v) is 14.2. The molecule has 3 rings (SSSR count). The van der Waals surface area contributed by atoms with Crippen LogP contribution in [0.25, 0.3) is 0 Å². The summed E-state index contributed by atoms with van der Waals surface area (Å²) in [4.78, 5) is 13.6. The number of ether oxygens (including phenoxy) is 1. The Labute approximate surface area is 138 Å². The van der Waals surface area contributed by atoms with Crippen LogP contribution in [-0.4, -0.2) is 64.9 Å². The van der Waals surface area contributed by atoms with Gasteiger partial charge in [0.25, 0.3) is 5.88 Å². The lowest BCUT2D eigenvalue weighted by atomic mass is 9.92. The summed E-state index contributed by atoms with van der Waals surface area (Å²) in [7, 11) is 0. The van der Waals surface area contributed by atoms with Crippen LogP contribution >= 0.6 is 0 Å². The summed E-state index contributed by atoms with van der Waals surface area (Å²) in [5.74, 6) is 2.22. The van der Waals surface area contributed by atoms with Gasteiger partial charge in [0, 0.05) is 38.1 Å². The van der Waals surface area contributed by atoms with Gasteiger partial charge in [-0.05, 0) is 52.1 Å². The number of piperidine rings is 1. The molecule has 0 bridgehead atoms. The van der Waals surface area contributed by atoms with Crippen LogP contribution in [-0.2, 0) is 0 Å². The molecule has 0 radical (unpaired) electrons. The van der Waals surface area contributed by atoms with Crippen molar-refractivity contribution in [3.05, 3.63) is 12.4 Å². The molecule has 3 heterocycles. The predicted octanol–water partition coefficient (Wildman–Crippen LogP) is 1.55. The lowest BCUT2D eigenvalue weighted by Crippen LogP contribution is -2.61. The summed E-state index contributed by atoms with van der Waals surface area (Å²) in [6.07, 6.45) is 6.90. The molecule has 2 aliphatic rings. The van der Waals surface area contributed by atoms with Gasteiger partial charge in [-0.1, -0.05) is 0 Å². The third kappa shape index (κ3) is 3.93. The lowest BCUT2D eigenvalue weighted by molar-refractivity contribution is 0.102. The normalized spacial score (nSPS) is 20.8. The van der Waals surface area contributed by atoms with Gasteiger partial charge in [0.05, 0.1) is 6.10 Å². The second kappa shape index (κ2) is 7.45. The fourth-order valence-corrected chi connectivity index (χ4v) is 3.49. The van der Waals surface area contributed by atoms with E-state index in [0.717, 1.165) is 38.4 Å². The molecule has 1 N–H and O–H groups in total. The highest BCUT2D eigenvalue weighted by Gasteiger charge is 2.36. The van der Waals surface area contributed by atoms with E-state index in [1.165, 1.54) is 12.8 Å². The van der Waals surface area contributed by atoms with Gasteiger partial charge in [0.1, 0.15) is 0 Å². The number of hydrogen-bond acceptors (Lipinski definition) is 6. The Bertz CT molecular complexity index is 497. The van der Waals surface area contributed by atoms with E-state index in [0.29, 0.717) is 24.4 Å². The Morgan fingerprint density at radius 3 is 2.57 bits per heavy atom. The summed E-state index contributed by atoms with van der Waals surface area (Å²) in [5.41, 5.74) is 0. The summed E-state index contributed by atoms with van der Waals surface area (Å²) in [6, 6.07) is 0.610. The largest absolute Gasteiger partial charge is 0.472 e. The molecular weight excluding hydrogens is 292 g/mol. The van der Waals surface area contributed by atoms with Gasteiger partial charge >= 0.3 is 0 Å². The van der Waals surface area contributed by atoms with Crippen molar-refractivity contribution in [1.82, 2.24) is 14.9 Å². The van der Waals surface area contributed by atoms with Gasteiger partial charge in [-0.3, -0.25) is 4.90 Å². The number of aliphatic hydroxyl groups is 1. The molecule has 0 atom stereocenters. The minimum absolute atomic E-state index is 0.105. The van der Waals surface area contributed by atoms with E-state index in [-0.39, 0.29) is 6.10 Å². The maximum atomic E-state index is 9.06. The minimum atomic E-state index is 0.105. The van der Waals surface area contributed by atoms with E-state index in [1.54, 1.807) is 12.4 Å². The molecule has 6 heteroatoms. The number of aromatic nitrogens is 2. The molecule has 2 saturated heterocycles. The first-order chi connectivity index (χ1) is 11.2. The van der Waals surface area contributed by atoms with Crippen molar-refractivity contribution in [2.24, 2.45) is 5.92 Å². The Hall–Kier alpha value is -1.40. The van der Waals surface area contributed by atoms with Crippen molar-refractivity contribution in [2.45, 2.75) is 45.3 Å². The summed E-state index contributed by atoms with van der Waals surface area (Å²) in [6.45, 7) is 8.64. The van der Waals surface area contributed by atoms with Crippen LogP contribution in [0.2, 0.25) is 0 Å². The van der Waals surface area contributed by atoms with E-state index in [2.05, 4.69) is 19.8 Å². The molecular formula is C17H28N4O2. The van der Waals surface area contributed by atoms with Crippen molar-refractivity contribution in [1.29, 1.82) is 0 Å². The number of aliphatic hydroxyl groups excluding tert-OH is 1. The molecule has 2 fully saturated rings. The maximum Gasteiger partial charge on any atom is 0.257 e. The van der Waals surface area contributed by atoms with E-state index in [4.69, 9.17) is 9.84 Å². The first-order valence-corrected chi connectivity index (χ1v) is 8.75. The highest BCUT2D eigenvalue weighted by molar-refractivity contribution is 5.50. The molecule has 6 nitrogen and oxygen atoms in total. The Balaban J connectivity index is 1.52. The van der Waals surface area contributed by atoms with Gasteiger partial charge in [-0.25, -0.2) is 9.97 Å². The molecule has 0 amide bonds. The van der Waals surface area contributed by atoms with E-state index in [9.17, 15) is 0 Å². The topological polar surface area (TPSA) is 61.7 Å². The Morgan fingerprint density at radius 2 is 1.91 bits per heavy atom. The zero-order chi connectivity index (χ0) is 16.2. The smallest absolute Gasteiger partial charge is 0.257 e. The molecule has 1 aromatic heterocycles. The fraction of sp³-hybridized carbons (Fsp3) is 0.765. The van der Waals surface area contributed by atoms with E-state index >= 15 is 0 Å². The van der Waals surface area contributed by atoms with Gasteiger partial charge in [-0.2, -0.15) is 0 Å². The summed E-state index contributed by atoms with van der Waals surface area (Å²) in [5, 5.41) is 9.06. The SMILES string of the molecule is CC(C)Oc1nccnc1N1CC(N2CCC(CCO)CC2)C1. The fourth-order valence-electron chi connectivity index (χ4n) is 3.49. The predicted molar refractivity (Wildman–Crippen MR) is 89.8 cm³/mol. The van der Waals surface area contributed by atoms with Gasteiger partial charge in [-0.15, -0.1) is 0 Å². The van der Waals surface area contributed by atoms with Crippen LogP contribution < -0.4 is 9.64 Å². The average Bonchev–Trinajstić information content (AvgIpc) is 2.49. The molecule has 128 valence electrons. The molecule has 0 aromatic carbocycles. The molecule has 0 saturated carbocycles. The first-order valence-electron chi connectivity index (χ1n) is 8.75. The van der Waals surface area contributed by atoms with Crippen LogP contribution in [0.3, 0.4) is 0 Å². The molecule has 23 heavy (non-hydrogen) atoms.